The number of amides is 1. The molecular weight excluding hydrogens is 481 g/mol. The third kappa shape index (κ3) is 3.80. The van der Waals surface area contributed by atoms with Gasteiger partial charge in [-0.05, 0) is 50.5 Å². The van der Waals surface area contributed by atoms with Gasteiger partial charge in [-0.25, -0.2) is 13.2 Å². The van der Waals surface area contributed by atoms with Gasteiger partial charge in [-0.2, -0.15) is 0 Å². The number of likely N-dealkylation sites (tertiary alicyclic amines) is 1. The lowest BCUT2D eigenvalue weighted by molar-refractivity contribution is -0.190. The van der Waals surface area contributed by atoms with Gasteiger partial charge in [-0.3, -0.25) is 9.59 Å². The Labute approximate surface area is 214 Å². The van der Waals surface area contributed by atoms with E-state index in [1.54, 1.807) is 17.7 Å². The van der Waals surface area contributed by atoms with Crippen LogP contribution in [0, 0.1) is 23.1 Å². The summed E-state index contributed by atoms with van der Waals surface area (Å²) in [6.07, 6.45) is 2.60. The van der Waals surface area contributed by atoms with E-state index in [9.17, 15) is 22.8 Å². The Bertz CT molecular complexity index is 1290. The van der Waals surface area contributed by atoms with E-state index >= 15 is 0 Å². The van der Waals surface area contributed by atoms with E-state index < -0.39 is 29.8 Å². The molecule has 2 aromatic rings. The molecular formula is C28H33F3N4O2. The molecule has 1 aromatic carbocycles. The monoisotopic (exact) mass is 514 g/mol. The molecule has 2 bridgehead atoms. The number of pyridine rings is 1. The molecule has 4 saturated carbocycles. The number of alkyl halides is 2. The quantitative estimate of drug-likeness (QED) is 0.537. The zero-order valence-corrected chi connectivity index (χ0v) is 21.4. The highest BCUT2D eigenvalue weighted by Crippen LogP contribution is 2.72. The number of piperidine rings is 1. The van der Waals surface area contributed by atoms with Crippen LogP contribution >= 0.6 is 0 Å². The van der Waals surface area contributed by atoms with Crippen LogP contribution < -0.4 is 16.2 Å². The lowest BCUT2D eigenvalue weighted by Crippen LogP contribution is -2.69. The minimum atomic E-state index is -2.95. The summed E-state index contributed by atoms with van der Waals surface area (Å²) in [6, 6.07) is 4.70. The highest BCUT2D eigenvalue weighted by molar-refractivity contribution is 5.99. The standard InChI is InChI=1S/C28H33F3N4O2/c1-4-27-12-28(13-27,14-27)35-11-20(21(8-22(35)36)33-24-18-9-34(3)10-19(18)24)26(37)32-15(2)16-6-5-7-17(23(16)29)25(30)31/h5-8,11,15,18-19,24-25,33H,4,9-10,12-14H2,1-3H3,(H,32,37)/t15-,18-,19+,24-,27?,28?/m1/s1. The van der Waals surface area contributed by atoms with Gasteiger partial charge in [0, 0.05) is 42.5 Å². The van der Waals surface area contributed by atoms with Crippen molar-refractivity contribution in [3.63, 3.8) is 0 Å². The van der Waals surface area contributed by atoms with Crippen molar-refractivity contribution in [1.82, 2.24) is 14.8 Å². The third-order valence-electron chi connectivity index (χ3n) is 9.48. The van der Waals surface area contributed by atoms with Crippen LogP contribution in [0.5, 0.6) is 0 Å². The van der Waals surface area contributed by atoms with Crippen molar-refractivity contribution in [2.75, 3.05) is 25.5 Å². The summed E-state index contributed by atoms with van der Waals surface area (Å²) in [5.74, 6) is -0.515. The average Bonchev–Trinajstić information content (AvgIpc) is 3.23. The first-order chi connectivity index (χ1) is 17.6. The Hall–Kier alpha value is -2.81. The van der Waals surface area contributed by atoms with Gasteiger partial charge < -0.3 is 20.1 Å². The molecule has 4 atom stereocenters. The molecule has 9 heteroatoms. The first-order valence-electron chi connectivity index (χ1n) is 13.2. The molecule has 1 amide bonds. The Kier molecular flexibility index (Phi) is 5.53. The number of carbonyl (C=O) groups is 1. The maximum absolute atomic E-state index is 14.8. The predicted octanol–water partition coefficient (Wildman–Crippen LogP) is 4.68. The molecule has 1 saturated heterocycles. The SMILES string of the molecule is CCC12CC(n3cc(C(=O)N[C@H](C)c4cccc(C(F)F)c4F)c(N[C@@H]4[C@@H]5CN(C)C[C@@H]54)cc3=O)(C1)C2. The summed E-state index contributed by atoms with van der Waals surface area (Å²) in [6.45, 7) is 5.69. The van der Waals surface area contributed by atoms with Crippen LogP contribution in [0.25, 0.3) is 0 Å². The number of nitrogens with zero attached hydrogens (tertiary/aromatic N) is 2. The number of hydrogen-bond donors (Lipinski definition) is 2. The van der Waals surface area contributed by atoms with E-state index in [4.69, 9.17) is 0 Å². The third-order valence-corrected chi connectivity index (χ3v) is 9.48. The Morgan fingerprint density at radius 1 is 1.16 bits per heavy atom. The fourth-order valence-electron chi connectivity index (χ4n) is 7.33. The summed E-state index contributed by atoms with van der Waals surface area (Å²) in [5, 5.41) is 6.24. The number of hydrogen-bond acceptors (Lipinski definition) is 4. The number of aromatic nitrogens is 1. The second-order valence-corrected chi connectivity index (χ2v) is 11.9. The second-order valence-electron chi connectivity index (χ2n) is 11.9. The van der Waals surface area contributed by atoms with Gasteiger partial charge in [-0.15, -0.1) is 0 Å². The normalized spacial score (nSPS) is 32.4. The number of nitrogens with one attached hydrogen (secondary N) is 2. The van der Waals surface area contributed by atoms with Crippen LogP contribution in [0.3, 0.4) is 0 Å². The van der Waals surface area contributed by atoms with Gasteiger partial charge in [0.15, 0.2) is 0 Å². The number of fused-ring (bicyclic) bond motifs is 1. The summed E-state index contributed by atoms with van der Waals surface area (Å²) in [5.41, 5.74) is 0.0688. The number of halogens is 3. The van der Waals surface area contributed by atoms with E-state index in [1.807, 2.05) is 0 Å². The molecule has 198 valence electrons. The van der Waals surface area contributed by atoms with E-state index in [0.29, 0.717) is 28.5 Å². The van der Waals surface area contributed by atoms with Gasteiger partial charge in [0.05, 0.1) is 22.9 Å². The van der Waals surface area contributed by atoms with Gasteiger partial charge in [0.2, 0.25) is 0 Å². The topological polar surface area (TPSA) is 66.4 Å². The highest BCUT2D eigenvalue weighted by atomic mass is 19.3. The Morgan fingerprint density at radius 2 is 1.81 bits per heavy atom. The maximum atomic E-state index is 14.8. The van der Waals surface area contributed by atoms with Crippen LogP contribution in [-0.2, 0) is 5.54 Å². The average molecular weight is 515 g/mol. The molecule has 1 aliphatic heterocycles. The largest absolute Gasteiger partial charge is 0.381 e. The van der Waals surface area contributed by atoms with Crippen LogP contribution in [0.15, 0.2) is 35.3 Å². The summed E-state index contributed by atoms with van der Waals surface area (Å²) < 4.78 is 42.9. The van der Waals surface area contributed by atoms with E-state index in [2.05, 4.69) is 29.5 Å². The molecule has 5 aliphatic rings. The molecule has 0 spiro atoms. The molecule has 2 heterocycles. The zero-order valence-electron chi connectivity index (χ0n) is 21.4. The molecule has 4 aliphatic carbocycles. The van der Waals surface area contributed by atoms with Crippen molar-refractivity contribution in [2.45, 2.75) is 63.6 Å². The van der Waals surface area contributed by atoms with E-state index in [-0.39, 0.29) is 22.7 Å². The van der Waals surface area contributed by atoms with Crippen LogP contribution in [0.4, 0.5) is 18.9 Å². The fraction of sp³-hybridized carbons (Fsp3) is 0.571. The number of benzene rings is 1. The van der Waals surface area contributed by atoms with Crippen molar-refractivity contribution in [1.29, 1.82) is 0 Å². The Morgan fingerprint density at radius 3 is 2.43 bits per heavy atom. The van der Waals surface area contributed by atoms with Crippen molar-refractivity contribution >= 4 is 11.6 Å². The number of rotatable bonds is 8. The maximum Gasteiger partial charge on any atom is 0.266 e. The smallest absolute Gasteiger partial charge is 0.266 e. The molecule has 2 N–H and O–H groups in total. The lowest BCUT2D eigenvalue weighted by Gasteiger charge is -2.71. The molecule has 37 heavy (non-hydrogen) atoms. The number of anilines is 1. The molecule has 7 rings (SSSR count). The van der Waals surface area contributed by atoms with Crippen molar-refractivity contribution < 1.29 is 18.0 Å². The number of carbonyl (C=O) groups excluding carboxylic acids is 1. The minimum absolute atomic E-state index is 0.00180. The van der Waals surface area contributed by atoms with Gasteiger partial charge >= 0.3 is 0 Å². The summed E-state index contributed by atoms with van der Waals surface area (Å²) in [7, 11) is 2.08. The van der Waals surface area contributed by atoms with Crippen LogP contribution in [-0.4, -0.2) is 41.6 Å². The molecule has 0 unspecified atom stereocenters. The van der Waals surface area contributed by atoms with Crippen molar-refractivity contribution in [3.8, 4) is 0 Å². The first kappa shape index (κ1) is 24.5. The molecule has 5 fully saturated rings. The molecule has 6 nitrogen and oxygen atoms in total. The molecule has 1 aromatic heterocycles. The van der Waals surface area contributed by atoms with E-state index in [0.717, 1.165) is 44.8 Å². The first-order valence-corrected chi connectivity index (χ1v) is 13.2. The van der Waals surface area contributed by atoms with E-state index in [1.165, 1.54) is 18.2 Å². The van der Waals surface area contributed by atoms with Crippen molar-refractivity contribution in [3.05, 3.63) is 63.3 Å². The lowest BCUT2D eigenvalue weighted by atomic mass is 9.38. The fourth-order valence-corrected chi connectivity index (χ4v) is 7.33. The van der Waals surface area contributed by atoms with Crippen molar-refractivity contribution in [2.24, 2.45) is 17.3 Å². The van der Waals surface area contributed by atoms with Crippen LogP contribution in [0.2, 0.25) is 0 Å². The summed E-state index contributed by atoms with van der Waals surface area (Å²) in [4.78, 5) is 29.1. The van der Waals surface area contributed by atoms with Crippen LogP contribution in [0.1, 0.15) is 73.5 Å². The van der Waals surface area contributed by atoms with Gasteiger partial charge in [-0.1, -0.05) is 31.5 Å². The second kappa shape index (κ2) is 8.35. The van der Waals surface area contributed by atoms with Gasteiger partial charge in [0.25, 0.3) is 17.9 Å². The Balaban J connectivity index is 1.29. The minimum Gasteiger partial charge on any atom is -0.381 e. The predicted molar refractivity (Wildman–Crippen MR) is 134 cm³/mol. The molecule has 0 radical (unpaired) electrons. The summed E-state index contributed by atoms with van der Waals surface area (Å²) >= 11 is 0. The zero-order chi connectivity index (χ0) is 26.3. The highest BCUT2D eigenvalue weighted by Gasteiger charge is 2.68. The van der Waals surface area contributed by atoms with Gasteiger partial charge in [0.1, 0.15) is 5.82 Å².